The molecule has 0 heterocycles. The Morgan fingerprint density at radius 3 is 2.16 bits per heavy atom. The van der Waals surface area contributed by atoms with Gasteiger partial charge < -0.3 is 9.47 Å². The number of nitrogens with zero attached hydrogens (tertiary/aromatic N) is 1. The topological polar surface area (TPSA) is 72.9 Å². The van der Waals surface area contributed by atoms with Crippen LogP contribution in [0.4, 0.5) is 10.5 Å². The molecule has 1 aromatic carbocycles. The molecule has 0 aliphatic rings. The van der Waals surface area contributed by atoms with E-state index in [1.54, 1.807) is 13.8 Å². The van der Waals surface area contributed by atoms with E-state index in [2.05, 4.69) is 0 Å². The van der Waals surface area contributed by atoms with E-state index in [4.69, 9.17) is 9.47 Å². The molecular weight excluding hydrogens is 250 g/mol. The van der Waals surface area contributed by atoms with Crippen LogP contribution in [0.3, 0.4) is 0 Å². The first kappa shape index (κ1) is 14.7. The van der Waals surface area contributed by atoms with E-state index in [1.165, 1.54) is 24.3 Å². The van der Waals surface area contributed by atoms with Gasteiger partial charge in [0.05, 0.1) is 24.5 Å². The lowest BCUT2D eigenvalue weighted by molar-refractivity contribution is -0.107. The van der Waals surface area contributed by atoms with Gasteiger partial charge in [-0.25, -0.2) is 14.5 Å². The fourth-order valence-electron chi connectivity index (χ4n) is 1.37. The van der Waals surface area contributed by atoms with Crippen LogP contribution in [-0.2, 0) is 14.3 Å². The molecule has 6 heteroatoms. The van der Waals surface area contributed by atoms with Crippen molar-refractivity contribution in [2.24, 2.45) is 0 Å². The second-order valence-electron chi connectivity index (χ2n) is 3.44. The van der Waals surface area contributed by atoms with Crippen LogP contribution in [0.15, 0.2) is 24.3 Å². The molecule has 0 aromatic heterocycles. The molecular formula is C13H15NO5. The lowest BCUT2D eigenvalue weighted by atomic mass is 10.2. The monoisotopic (exact) mass is 265 g/mol. The number of rotatable bonds is 5. The number of esters is 1. The minimum atomic E-state index is -0.763. The van der Waals surface area contributed by atoms with Crippen LogP contribution < -0.4 is 4.90 Å². The fourth-order valence-corrected chi connectivity index (χ4v) is 1.37. The van der Waals surface area contributed by atoms with Crippen molar-refractivity contribution >= 4 is 24.2 Å². The van der Waals surface area contributed by atoms with Crippen LogP contribution >= 0.6 is 0 Å². The molecule has 0 unspecified atom stereocenters. The van der Waals surface area contributed by atoms with Crippen LogP contribution in [0.2, 0.25) is 0 Å². The zero-order valence-corrected chi connectivity index (χ0v) is 10.8. The summed E-state index contributed by atoms with van der Waals surface area (Å²) in [5.41, 5.74) is 0.668. The number of amides is 2. The molecule has 0 aliphatic heterocycles. The van der Waals surface area contributed by atoms with E-state index in [9.17, 15) is 14.4 Å². The molecule has 6 nitrogen and oxygen atoms in total. The van der Waals surface area contributed by atoms with Crippen LogP contribution in [-0.4, -0.2) is 31.7 Å². The molecule has 102 valence electrons. The molecule has 0 bridgehead atoms. The van der Waals surface area contributed by atoms with Crippen LogP contribution in [0.25, 0.3) is 0 Å². The molecule has 0 N–H and O–H groups in total. The summed E-state index contributed by atoms with van der Waals surface area (Å²) < 4.78 is 9.56. The van der Waals surface area contributed by atoms with Gasteiger partial charge in [0.2, 0.25) is 6.41 Å². The van der Waals surface area contributed by atoms with Crippen LogP contribution in [0.5, 0.6) is 0 Å². The first-order chi connectivity index (χ1) is 9.13. The predicted octanol–water partition coefficient (Wildman–Crippen LogP) is 1.98. The van der Waals surface area contributed by atoms with Gasteiger partial charge in [-0.2, -0.15) is 0 Å². The maximum absolute atomic E-state index is 11.5. The van der Waals surface area contributed by atoms with Gasteiger partial charge in [0.1, 0.15) is 0 Å². The summed E-state index contributed by atoms with van der Waals surface area (Å²) in [6.45, 7) is 3.81. The third-order valence-electron chi connectivity index (χ3n) is 2.23. The maximum Gasteiger partial charge on any atom is 0.420 e. The van der Waals surface area contributed by atoms with Gasteiger partial charge in [-0.1, -0.05) is 0 Å². The number of benzene rings is 1. The summed E-state index contributed by atoms with van der Waals surface area (Å²) in [5.74, 6) is -0.456. The average Bonchev–Trinajstić information content (AvgIpc) is 2.41. The minimum absolute atomic E-state index is 0.171. The Balaban J connectivity index is 2.87. The zero-order chi connectivity index (χ0) is 14.3. The van der Waals surface area contributed by atoms with E-state index in [0.717, 1.165) is 4.90 Å². The Kier molecular flexibility index (Phi) is 5.53. The summed E-state index contributed by atoms with van der Waals surface area (Å²) >= 11 is 0. The highest BCUT2D eigenvalue weighted by molar-refractivity contribution is 6.03. The molecule has 0 saturated heterocycles. The first-order valence-electron chi connectivity index (χ1n) is 5.82. The SMILES string of the molecule is CCOC(=O)c1ccc(N(C=O)C(=O)OCC)cc1. The maximum atomic E-state index is 11.5. The number of hydrogen-bond donors (Lipinski definition) is 0. The van der Waals surface area contributed by atoms with Crippen molar-refractivity contribution in [2.75, 3.05) is 18.1 Å². The molecule has 0 spiro atoms. The minimum Gasteiger partial charge on any atom is -0.462 e. The van der Waals surface area contributed by atoms with Gasteiger partial charge in [-0.05, 0) is 38.1 Å². The van der Waals surface area contributed by atoms with E-state index in [-0.39, 0.29) is 13.2 Å². The summed E-state index contributed by atoms with van der Waals surface area (Å²) in [6, 6.07) is 5.89. The fraction of sp³-hybridized carbons (Fsp3) is 0.308. The van der Waals surface area contributed by atoms with Crippen molar-refractivity contribution in [1.29, 1.82) is 0 Å². The number of imide groups is 1. The third-order valence-corrected chi connectivity index (χ3v) is 2.23. The molecule has 1 aromatic rings. The molecule has 0 atom stereocenters. The standard InChI is InChI=1S/C13H15NO5/c1-3-18-12(16)10-5-7-11(8-6-10)14(9-15)13(17)19-4-2/h5-9H,3-4H2,1-2H3. The number of anilines is 1. The molecule has 0 fully saturated rings. The van der Waals surface area contributed by atoms with Crippen molar-refractivity contribution in [2.45, 2.75) is 13.8 Å². The van der Waals surface area contributed by atoms with E-state index < -0.39 is 12.1 Å². The highest BCUT2D eigenvalue weighted by atomic mass is 16.6. The smallest absolute Gasteiger partial charge is 0.420 e. The molecule has 2 amide bonds. The second-order valence-corrected chi connectivity index (χ2v) is 3.44. The van der Waals surface area contributed by atoms with Crippen molar-refractivity contribution in [3.8, 4) is 0 Å². The van der Waals surface area contributed by atoms with E-state index >= 15 is 0 Å². The van der Waals surface area contributed by atoms with Gasteiger partial charge in [0.15, 0.2) is 0 Å². The van der Waals surface area contributed by atoms with Gasteiger partial charge in [-0.3, -0.25) is 4.79 Å². The number of carbonyl (C=O) groups is 3. The predicted molar refractivity (Wildman–Crippen MR) is 68.0 cm³/mol. The van der Waals surface area contributed by atoms with Crippen LogP contribution in [0, 0.1) is 0 Å². The van der Waals surface area contributed by atoms with Crippen molar-refractivity contribution in [3.05, 3.63) is 29.8 Å². The molecule has 0 radical (unpaired) electrons. The second kappa shape index (κ2) is 7.15. The lowest BCUT2D eigenvalue weighted by Crippen LogP contribution is -2.30. The highest BCUT2D eigenvalue weighted by Gasteiger charge is 2.16. The normalized spacial score (nSPS) is 9.58. The summed E-state index contributed by atoms with van der Waals surface area (Å²) in [5, 5.41) is 0. The molecule has 0 aliphatic carbocycles. The Morgan fingerprint density at radius 2 is 1.68 bits per heavy atom. The summed E-state index contributed by atoms with van der Waals surface area (Å²) in [4.78, 5) is 34.6. The summed E-state index contributed by atoms with van der Waals surface area (Å²) in [7, 11) is 0. The van der Waals surface area contributed by atoms with E-state index in [0.29, 0.717) is 17.7 Å². The number of ether oxygens (including phenoxy) is 2. The Bertz CT molecular complexity index is 455. The Morgan fingerprint density at radius 1 is 1.11 bits per heavy atom. The third kappa shape index (κ3) is 3.80. The van der Waals surface area contributed by atoms with Crippen molar-refractivity contribution < 1.29 is 23.9 Å². The van der Waals surface area contributed by atoms with Crippen molar-refractivity contribution in [1.82, 2.24) is 0 Å². The van der Waals surface area contributed by atoms with Gasteiger partial charge in [0, 0.05) is 0 Å². The Hall–Kier alpha value is -2.37. The lowest BCUT2D eigenvalue weighted by Gasteiger charge is -2.14. The van der Waals surface area contributed by atoms with E-state index in [1.807, 2.05) is 0 Å². The average molecular weight is 265 g/mol. The number of hydrogen-bond acceptors (Lipinski definition) is 5. The Labute approximate surface area is 110 Å². The first-order valence-corrected chi connectivity index (χ1v) is 5.82. The quantitative estimate of drug-likeness (QED) is 0.601. The van der Waals surface area contributed by atoms with Crippen LogP contribution in [0.1, 0.15) is 24.2 Å². The largest absolute Gasteiger partial charge is 0.462 e. The zero-order valence-electron chi connectivity index (χ0n) is 10.8. The van der Waals surface area contributed by atoms with Gasteiger partial charge in [-0.15, -0.1) is 0 Å². The molecule has 19 heavy (non-hydrogen) atoms. The van der Waals surface area contributed by atoms with Gasteiger partial charge in [0.25, 0.3) is 0 Å². The molecule has 0 saturated carbocycles. The van der Waals surface area contributed by atoms with Gasteiger partial charge >= 0.3 is 12.1 Å². The van der Waals surface area contributed by atoms with Crippen molar-refractivity contribution in [3.63, 3.8) is 0 Å². The number of carbonyl (C=O) groups excluding carboxylic acids is 3. The molecule has 1 rings (SSSR count). The summed E-state index contributed by atoms with van der Waals surface area (Å²) in [6.07, 6.45) is -0.404. The highest BCUT2D eigenvalue weighted by Crippen LogP contribution is 2.15.